The lowest BCUT2D eigenvalue weighted by Crippen LogP contribution is -2.56. The highest BCUT2D eigenvalue weighted by Crippen LogP contribution is 2.44. The molecule has 3 aromatic carbocycles. The first-order chi connectivity index (χ1) is 25.3. The Kier molecular flexibility index (Phi) is 13.1. The van der Waals surface area contributed by atoms with Crippen LogP contribution < -0.4 is 16.0 Å². The maximum absolute atomic E-state index is 14.0. The van der Waals surface area contributed by atoms with Gasteiger partial charge in [-0.2, -0.15) is 0 Å². The third-order valence-corrected chi connectivity index (χ3v) is 10.6. The summed E-state index contributed by atoms with van der Waals surface area (Å²) in [5.41, 5.74) is 6.72. The number of rotatable bonds is 15. The van der Waals surface area contributed by atoms with Crippen LogP contribution in [0.25, 0.3) is 11.1 Å². The number of amides is 3. The summed E-state index contributed by atoms with van der Waals surface area (Å²) in [6.07, 6.45) is 6.36. The second-order valence-electron chi connectivity index (χ2n) is 15.5. The number of benzene rings is 3. The highest BCUT2D eigenvalue weighted by atomic mass is 16.5. The van der Waals surface area contributed by atoms with Gasteiger partial charge in [-0.15, -0.1) is 0 Å². The first-order valence-corrected chi connectivity index (χ1v) is 18.8. The fourth-order valence-corrected chi connectivity index (χ4v) is 7.85. The van der Waals surface area contributed by atoms with Crippen molar-refractivity contribution in [2.75, 3.05) is 6.61 Å². The second-order valence-corrected chi connectivity index (χ2v) is 15.5. The molecule has 0 saturated heterocycles. The molecule has 3 aromatic rings. The number of carboxylic acid groups (broad SMARTS) is 1. The van der Waals surface area contributed by atoms with Gasteiger partial charge in [0.1, 0.15) is 18.7 Å². The van der Waals surface area contributed by atoms with Crippen LogP contribution in [0, 0.1) is 12.8 Å². The average molecular weight is 723 g/mol. The summed E-state index contributed by atoms with van der Waals surface area (Å²) >= 11 is 0. The van der Waals surface area contributed by atoms with E-state index in [1.165, 1.54) is 0 Å². The predicted molar refractivity (Wildman–Crippen MR) is 203 cm³/mol. The molecule has 0 aromatic heterocycles. The molecule has 1 radical (unpaired) electrons. The SMILES string of the molecule is Cc1cccc(C(C)(C)C)c1C[C@H](NC(=O)[C@H](CCC(=O)O)NC(=O)OCC1c2ccccc2-c2ccccc21)C(=O)N[C@H]([C]=O)CC1CCCCC1. The second kappa shape index (κ2) is 17.7. The van der Waals surface area contributed by atoms with Crippen LogP contribution in [0.4, 0.5) is 4.79 Å². The zero-order chi connectivity index (χ0) is 38.1. The maximum Gasteiger partial charge on any atom is 0.407 e. The average Bonchev–Trinajstić information content (AvgIpc) is 3.45. The topological polar surface area (TPSA) is 151 Å². The van der Waals surface area contributed by atoms with E-state index in [9.17, 15) is 29.1 Å². The summed E-state index contributed by atoms with van der Waals surface area (Å²) in [7, 11) is 0. The van der Waals surface area contributed by atoms with E-state index in [-0.39, 0.29) is 30.8 Å². The van der Waals surface area contributed by atoms with Crippen LogP contribution in [0.3, 0.4) is 0 Å². The van der Waals surface area contributed by atoms with Crippen molar-refractivity contribution in [3.8, 4) is 11.1 Å². The molecule has 1 saturated carbocycles. The molecule has 0 spiro atoms. The number of hydrogen-bond acceptors (Lipinski definition) is 6. The molecule has 5 rings (SSSR count). The zero-order valence-electron chi connectivity index (χ0n) is 31.2. The number of fused-ring (bicyclic) bond motifs is 3. The third kappa shape index (κ3) is 10.1. The van der Waals surface area contributed by atoms with E-state index >= 15 is 0 Å². The molecule has 10 heteroatoms. The molecule has 2 aliphatic carbocycles. The molecule has 281 valence electrons. The van der Waals surface area contributed by atoms with E-state index in [1.54, 1.807) is 0 Å². The van der Waals surface area contributed by atoms with Crippen molar-refractivity contribution in [3.63, 3.8) is 0 Å². The van der Waals surface area contributed by atoms with Crippen molar-refractivity contribution in [2.24, 2.45) is 5.92 Å². The number of hydrogen-bond donors (Lipinski definition) is 4. The van der Waals surface area contributed by atoms with E-state index in [0.29, 0.717) is 12.3 Å². The van der Waals surface area contributed by atoms with Gasteiger partial charge < -0.3 is 25.8 Å². The first-order valence-electron chi connectivity index (χ1n) is 18.8. The first kappa shape index (κ1) is 39.2. The molecule has 10 nitrogen and oxygen atoms in total. The highest BCUT2D eigenvalue weighted by Gasteiger charge is 2.33. The zero-order valence-corrected chi connectivity index (χ0v) is 31.2. The number of aryl methyl sites for hydroxylation is 1. The van der Waals surface area contributed by atoms with Crippen LogP contribution in [0.2, 0.25) is 0 Å². The monoisotopic (exact) mass is 722 g/mol. The lowest BCUT2D eigenvalue weighted by molar-refractivity contribution is -0.137. The van der Waals surface area contributed by atoms with Gasteiger partial charge >= 0.3 is 12.1 Å². The molecule has 4 N–H and O–H groups in total. The Morgan fingerprint density at radius 3 is 2.06 bits per heavy atom. The fraction of sp³-hybridized carbons (Fsp3) is 0.465. The molecule has 2 aliphatic rings. The number of carboxylic acids is 1. The number of nitrogens with one attached hydrogen (secondary N) is 3. The summed E-state index contributed by atoms with van der Waals surface area (Å²) in [6.45, 7) is 8.16. The van der Waals surface area contributed by atoms with Crippen molar-refractivity contribution in [3.05, 3.63) is 94.5 Å². The van der Waals surface area contributed by atoms with Gasteiger partial charge in [-0.3, -0.25) is 19.2 Å². The molecule has 0 bridgehead atoms. The van der Waals surface area contributed by atoms with Gasteiger partial charge in [0.2, 0.25) is 18.1 Å². The van der Waals surface area contributed by atoms with E-state index < -0.39 is 48.4 Å². The predicted octanol–water partition coefficient (Wildman–Crippen LogP) is 6.66. The Morgan fingerprint density at radius 2 is 1.45 bits per heavy atom. The lowest BCUT2D eigenvalue weighted by atomic mass is 9.80. The van der Waals surface area contributed by atoms with E-state index in [1.807, 2.05) is 79.9 Å². The fourth-order valence-electron chi connectivity index (χ4n) is 7.85. The summed E-state index contributed by atoms with van der Waals surface area (Å²) in [4.78, 5) is 65.0. The van der Waals surface area contributed by atoms with Crippen molar-refractivity contribution < 1.29 is 33.8 Å². The Labute approximate surface area is 312 Å². The van der Waals surface area contributed by atoms with Crippen LogP contribution >= 0.6 is 0 Å². The van der Waals surface area contributed by atoms with E-state index in [0.717, 1.165) is 71.0 Å². The molecule has 0 unspecified atom stereocenters. The Morgan fingerprint density at radius 1 is 0.830 bits per heavy atom. The van der Waals surface area contributed by atoms with E-state index in [2.05, 4.69) is 36.7 Å². The standard InChI is InChI=1S/C43H52N3O7/c1-27-13-12-20-36(43(2,3)4)34(27)24-38(41(51)44-29(25-47)23-28-14-6-5-7-15-28)45-40(50)37(21-22-39(48)49)46-42(52)53-26-35-32-18-10-8-16-30(32)31-17-9-11-19-33(31)35/h8-13,16-20,28-29,35,37-38H,5-7,14-15,21-24,26H2,1-4H3,(H,44,51)(H,45,50)(H,46,52)(H,48,49)/t29-,37-,38-/m0/s1. The van der Waals surface area contributed by atoms with E-state index in [4.69, 9.17) is 4.74 Å². The lowest BCUT2D eigenvalue weighted by Gasteiger charge is -2.29. The minimum absolute atomic E-state index is 0.00556. The van der Waals surface area contributed by atoms with Gasteiger partial charge in [0, 0.05) is 18.8 Å². The normalized spacial score (nSPS) is 16.0. The van der Waals surface area contributed by atoms with Crippen molar-refractivity contribution in [1.29, 1.82) is 0 Å². The Balaban J connectivity index is 1.34. The molecular formula is C43H52N3O7. The molecule has 0 aliphatic heterocycles. The highest BCUT2D eigenvalue weighted by molar-refractivity contribution is 5.92. The number of aliphatic carboxylic acids is 1. The molecular weight excluding hydrogens is 670 g/mol. The number of carbonyl (C=O) groups excluding carboxylic acids is 4. The summed E-state index contributed by atoms with van der Waals surface area (Å²) in [6, 6.07) is 18.4. The van der Waals surface area contributed by atoms with Crippen LogP contribution in [0.1, 0.15) is 106 Å². The third-order valence-electron chi connectivity index (χ3n) is 10.6. The Hall–Kier alpha value is -4.99. The van der Waals surface area contributed by atoms with Gasteiger partial charge in [0.25, 0.3) is 0 Å². The molecule has 0 heterocycles. The van der Waals surface area contributed by atoms with Crippen molar-refractivity contribution >= 4 is 30.2 Å². The van der Waals surface area contributed by atoms with Crippen molar-refractivity contribution in [1.82, 2.24) is 16.0 Å². The molecule has 3 amide bonds. The number of ether oxygens (including phenoxy) is 1. The maximum atomic E-state index is 14.0. The van der Waals surface area contributed by atoms with Gasteiger partial charge in [0.15, 0.2) is 0 Å². The number of carbonyl (C=O) groups is 4. The summed E-state index contributed by atoms with van der Waals surface area (Å²) in [5, 5.41) is 17.7. The Bertz CT molecular complexity index is 1750. The number of alkyl carbamates (subject to hydrolysis) is 1. The minimum Gasteiger partial charge on any atom is -0.481 e. The van der Waals surface area contributed by atoms with Crippen LogP contribution in [-0.2, 0) is 35.8 Å². The van der Waals surface area contributed by atoms with Crippen molar-refractivity contribution in [2.45, 2.75) is 115 Å². The molecule has 53 heavy (non-hydrogen) atoms. The smallest absolute Gasteiger partial charge is 0.407 e. The molecule has 1 fully saturated rings. The molecule has 3 atom stereocenters. The van der Waals surface area contributed by atoms with Crippen LogP contribution in [0.15, 0.2) is 66.7 Å². The minimum atomic E-state index is -1.31. The summed E-state index contributed by atoms with van der Waals surface area (Å²) < 4.78 is 5.68. The van der Waals surface area contributed by atoms with Crippen LogP contribution in [0.5, 0.6) is 0 Å². The van der Waals surface area contributed by atoms with Gasteiger partial charge in [-0.1, -0.05) is 120 Å². The van der Waals surface area contributed by atoms with Gasteiger partial charge in [-0.25, -0.2) is 4.79 Å². The quantitative estimate of drug-likeness (QED) is 0.137. The summed E-state index contributed by atoms with van der Waals surface area (Å²) in [5.74, 6) is -2.34. The largest absolute Gasteiger partial charge is 0.481 e. The van der Waals surface area contributed by atoms with Gasteiger partial charge in [0.05, 0.1) is 6.04 Å². The van der Waals surface area contributed by atoms with Crippen LogP contribution in [-0.4, -0.2) is 60.0 Å². The van der Waals surface area contributed by atoms with Gasteiger partial charge in [-0.05, 0) is 70.0 Å².